The molecule has 0 unspecified atom stereocenters. The Hall–Kier alpha value is -0.730. The van der Waals surface area contributed by atoms with E-state index in [0.29, 0.717) is 0 Å². The molecule has 0 aliphatic carbocycles. The van der Waals surface area contributed by atoms with Crippen LogP contribution in [0.4, 0.5) is 0 Å². The zero-order valence-electron chi connectivity index (χ0n) is 9.28. The van der Waals surface area contributed by atoms with Gasteiger partial charge in [0.2, 0.25) is 0 Å². The zero-order valence-corrected chi connectivity index (χ0v) is 10.1. The molecule has 1 aromatic carbocycles. The van der Waals surface area contributed by atoms with E-state index in [-0.39, 0.29) is 0 Å². The molecule has 15 heavy (non-hydrogen) atoms. The average molecular weight is 221 g/mol. The molecular weight excluding hydrogens is 202 g/mol. The van der Waals surface area contributed by atoms with Crippen LogP contribution in [0, 0.1) is 6.92 Å². The highest BCUT2D eigenvalue weighted by molar-refractivity contribution is 7.99. The molecule has 0 amide bonds. The predicted molar refractivity (Wildman–Crippen MR) is 71.2 cm³/mol. The molecule has 1 rings (SSSR count). The summed E-state index contributed by atoms with van der Waals surface area (Å²) >= 11 is 1.93. The summed E-state index contributed by atoms with van der Waals surface area (Å²) in [7, 11) is 0. The van der Waals surface area contributed by atoms with Crippen LogP contribution in [0.1, 0.15) is 17.5 Å². The molecule has 0 saturated carbocycles. The highest BCUT2D eigenvalue weighted by Crippen LogP contribution is 2.07. The number of rotatable bonds is 6. The van der Waals surface area contributed by atoms with Gasteiger partial charge in [-0.25, -0.2) is 0 Å². The fraction of sp³-hybridized carbons (Fsp3) is 0.385. The standard InChI is InChI=1S/C13H19NS/c1-12-5-7-13(8-6-12)4-2-10-15-11-3-9-14/h2,4-8H,3,9-11,14H2,1H3/b4-2+. The molecule has 1 nitrogen and oxygen atoms in total. The van der Waals surface area contributed by atoms with Crippen molar-refractivity contribution < 1.29 is 0 Å². The van der Waals surface area contributed by atoms with Crippen molar-refractivity contribution in [2.45, 2.75) is 13.3 Å². The molecule has 0 aliphatic heterocycles. The highest BCUT2D eigenvalue weighted by atomic mass is 32.2. The van der Waals surface area contributed by atoms with Crippen LogP contribution in [0.15, 0.2) is 30.3 Å². The molecule has 0 heterocycles. The van der Waals surface area contributed by atoms with Crippen LogP contribution >= 0.6 is 11.8 Å². The van der Waals surface area contributed by atoms with Gasteiger partial charge in [-0.15, -0.1) is 0 Å². The van der Waals surface area contributed by atoms with E-state index in [0.717, 1.165) is 24.5 Å². The number of benzene rings is 1. The summed E-state index contributed by atoms with van der Waals surface area (Å²) in [4.78, 5) is 0. The Morgan fingerprint density at radius 1 is 1.27 bits per heavy atom. The number of hydrogen-bond acceptors (Lipinski definition) is 2. The first-order chi connectivity index (χ1) is 7.33. The number of hydrogen-bond donors (Lipinski definition) is 1. The third-order valence-corrected chi connectivity index (χ3v) is 3.10. The third-order valence-electron chi connectivity index (χ3n) is 2.09. The van der Waals surface area contributed by atoms with Gasteiger partial charge in [0.1, 0.15) is 0 Å². The van der Waals surface area contributed by atoms with Crippen molar-refractivity contribution in [2.24, 2.45) is 5.73 Å². The molecule has 2 N–H and O–H groups in total. The number of aryl methyl sites for hydroxylation is 1. The van der Waals surface area contributed by atoms with Gasteiger partial charge >= 0.3 is 0 Å². The summed E-state index contributed by atoms with van der Waals surface area (Å²) in [5, 5.41) is 0. The van der Waals surface area contributed by atoms with Gasteiger partial charge in [0.05, 0.1) is 0 Å². The molecule has 0 aliphatic rings. The SMILES string of the molecule is Cc1ccc(/C=C/CSCCCN)cc1. The summed E-state index contributed by atoms with van der Waals surface area (Å²) in [6.45, 7) is 2.91. The monoisotopic (exact) mass is 221 g/mol. The second-order valence-electron chi connectivity index (χ2n) is 3.53. The van der Waals surface area contributed by atoms with E-state index in [1.807, 2.05) is 11.8 Å². The fourth-order valence-electron chi connectivity index (χ4n) is 1.20. The van der Waals surface area contributed by atoms with Gasteiger partial charge in [-0.1, -0.05) is 42.0 Å². The van der Waals surface area contributed by atoms with Gasteiger partial charge in [-0.05, 0) is 31.2 Å². The van der Waals surface area contributed by atoms with Gasteiger partial charge in [0.25, 0.3) is 0 Å². The third kappa shape index (κ3) is 5.65. The molecule has 82 valence electrons. The maximum atomic E-state index is 5.42. The lowest BCUT2D eigenvalue weighted by molar-refractivity contribution is 0.944. The average Bonchev–Trinajstić information content (AvgIpc) is 2.26. The summed E-state index contributed by atoms with van der Waals surface area (Å²) in [6.07, 6.45) is 5.50. The van der Waals surface area contributed by atoms with Crippen LogP contribution in [-0.2, 0) is 0 Å². The van der Waals surface area contributed by atoms with Crippen molar-refractivity contribution in [1.29, 1.82) is 0 Å². The Labute approximate surface area is 96.8 Å². The molecule has 0 spiro atoms. The van der Waals surface area contributed by atoms with Crippen LogP contribution in [-0.4, -0.2) is 18.1 Å². The molecule has 0 bridgehead atoms. The number of thioether (sulfide) groups is 1. The highest BCUT2D eigenvalue weighted by Gasteiger charge is 1.87. The van der Waals surface area contributed by atoms with Crippen LogP contribution < -0.4 is 5.73 Å². The van der Waals surface area contributed by atoms with E-state index in [9.17, 15) is 0 Å². The summed E-state index contributed by atoms with van der Waals surface area (Å²) in [5.41, 5.74) is 8.00. The molecule has 0 aromatic heterocycles. The topological polar surface area (TPSA) is 26.0 Å². The van der Waals surface area contributed by atoms with Gasteiger partial charge in [-0.2, -0.15) is 11.8 Å². The Balaban J connectivity index is 2.23. The maximum Gasteiger partial charge on any atom is 0.0116 e. The maximum absolute atomic E-state index is 5.42. The lowest BCUT2D eigenvalue weighted by atomic mass is 10.1. The van der Waals surface area contributed by atoms with Crippen LogP contribution in [0.3, 0.4) is 0 Å². The van der Waals surface area contributed by atoms with Crippen molar-refractivity contribution in [3.8, 4) is 0 Å². The Morgan fingerprint density at radius 2 is 2.00 bits per heavy atom. The summed E-state index contributed by atoms with van der Waals surface area (Å²) in [5.74, 6) is 2.24. The van der Waals surface area contributed by atoms with E-state index in [1.165, 1.54) is 11.1 Å². The second kappa shape index (κ2) is 7.55. The molecule has 0 atom stereocenters. The minimum atomic E-state index is 0.800. The normalized spacial score (nSPS) is 11.1. The molecule has 0 fully saturated rings. The van der Waals surface area contributed by atoms with Gasteiger partial charge < -0.3 is 5.73 Å². The first kappa shape index (κ1) is 12.3. The quantitative estimate of drug-likeness (QED) is 0.747. The smallest absolute Gasteiger partial charge is 0.0116 e. The fourth-order valence-corrected chi connectivity index (χ4v) is 1.97. The Bertz CT molecular complexity index is 290. The van der Waals surface area contributed by atoms with Crippen LogP contribution in [0.5, 0.6) is 0 Å². The largest absolute Gasteiger partial charge is 0.330 e. The predicted octanol–water partition coefficient (Wildman–Crippen LogP) is 3.09. The lowest BCUT2D eigenvalue weighted by Gasteiger charge is -1.96. The molecule has 2 heteroatoms. The van der Waals surface area contributed by atoms with Crippen LogP contribution in [0.25, 0.3) is 6.08 Å². The van der Waals surface area contributed by atoms with Crippen molar-refractivity contribution >= 4 is 17.8 Å². The van der Waals surface area contributed by atoms with E-state index in [1.54, 1.807) is 0 Å². The van der Waals surface area contributed by atoms with Gasteiger partial charge in [0, 0.05) is 5.75 Å². The molecular formula is C13H19NS. The first-order valence-electron chi connectivity index (χ1n) is 5.34. The van der Waals surface area contributed by atoms with E-state index < -0.39 is 0 Å². The first-order valence-corrected chi connectivity index (χ1v) is 6.49. The molecule has 0 saturated heterocycles. The lowest BCUT2D eigenvalue weighted by Crippen LogP contribution is -1.99. The van der Waals surface area contributed by atoms with E-state index >= 15 is 0 Å². The zero-order chi connectivity index (χ0) is 10.9. The number of nitrogens with two attached hydrogens (primary N) is 1. The van der Waals surface area contributed by atoms with Gasteiger partial charge in [0.15, 0.2) is 0 Å². The van der Waals surface area contributed by atoms with Crippen molar-refractivity contribution in [2.75, 3.05) is 18.1 Å². The summed E-state index contributed by atoms with van der Waals surface area (Å²) in [6, 6.07) is 8.58. The van der Waals surface area contributed by atoms with E-state index in [4.69, 9.17) is 5.73 Å². The molecule has 1 aromatic rings. The van der Waals surface area contributed by atoms with Gasteiger partial charge in [-0.3, -0.25) is 0 Å². The van der Waals surface area contributed by atoms with Crippen molar-refractivity contribution in [1.82, 2.24) is 0 Å². The molecule has 0 radical (unpaired) electrons. The minimum absolute atomic E-state index is 0.800. The van der Waals surface area contributed by atoms with Crippen molar-refractivity contribution in [3.05, 3.63) is 41.5 Å². The van der Waals surface area contributed by atoms with Crippen LogP contribution in [0.2, 0.25) is 0 Å². The minimum Gasteiger partial charge on any atom is -0.330 e. The summed E-state index contributed by atoms with van der Waals surface area (Å²) < 4.78 is 0. The Kier molecular flexibility index (Phi) is 6.21. The second-order valence-corrected chi connectivity index (χ2v) is 4.68. The Morgan fingerprint density at radius 3 is 2.67 bits per heavy atom. The van der Waals surface area contributed by atoms with Crippen molar-refractivity contribution in [3.63, 3.8) is 0 Å². The van der Waals surface area contributed by atoms with E-state index in [2.05, 4.69) is 43.3 Å².